The van der Waals surface area contributed by atoms with E-state index in [-0.39, 0.29) is 22.5 Å². The third-order valence-corrected chi connectivity index (χ3v) is 5.05. The van der Waals surface area contributed by atoms with Crippen LogP contribution in [0, 0.1) is 13.8 Å². The number of thiophene rings is 1. The van der Waals surface area contributed by atoms with Crippen LogP contribution in [0.2, 0.25) is 0 Å². The molecule has 0 unspecified atom stereocenters. The maximum Gasteiger partial charge on any atom is 0.294 e. The predicted octanol–water partition coefficient (Wildman–Crippen LogP) is 0.781. The summed E-state index contributed by atoms with van der Waals surface area (Å²) in [5.41, 5.74) is 0.994. The molecule has 2 heterocycles. The second-order valence-corrected chi connectivity index (χ2v) is 6.75. The van der Waals surface area contributed by atoms with E-state index in [1.165, 1.54) is 12.5 Å². The molecule has 0 saturated carbocycles. The molecule has 0 saturated heterocycles. The van der Waals surface area contributed by atoms with Gasteiger partial charge in [-0.05, 0) is 30.9 Å². The summed E-state index contributed by atoms with van der Waals surface area (Å²) >= 11 is 2.73. The number of hydrogen-bond donors (Lipinski definition) is 1. The Morgan fingerprint density at radius 3 is 2.82 bits per heavy atom. The maximum atomic E-state index is 12.2. The van der Waals surface area contributed by atoms with Crippen molar-refractivity contribution in [1.82, 2.24) is 19.8 Å². The van der Waals surface area contributed by atoms with Gasteiger partial charge in [-0.25, -0.2) is 0 Å². The Balaban J connectivity index is 1.97. The third-order valence-electron chi connectivity index (χ3n) is 3.12. The topological polar surface area (TPSA) is 94.1 Å². The number of nitrogens with zero attached hydrogens (tertiary/aromatic N) is 4. The molecular formula is C13H17N5O2S2. The van der Waals surface area contributed by atoms with E-state index in [0.717, 1.165) is 21.3 Å². The molecule has 0 aliphatic heterocycles. The monoisotopic (exact) mass is 339 g/mol. The molecule has 0 aliphatic carbocycles. The normalized spacial score (nSPS) is 10.7. The molecule has 9 heteroatoms. The van der Waals surface area contributed by atoms with Gasteiger partial charge in [0, 0.05) is 11.9 Å². The lowest BCUT2D eigenvalue weighted by molar-refractivity contribution is -0.127. The Labute approximate surface area is 136 Å². The minimum absolute atomic E-state index is 0.0624. The van der Waals surface area contributed by atoms with Gasteiger partial charge in [0.05, 0.1) is 12.3 Å². The smallest absolute Gasteiger partial charge is 0.294 e. The first-order valence-corrected chi connectivity index (χ1v) is 8.37. The van der Waals surface area contributed by atoms with Crippen LogP contribution < -0.4 is 11.4 Å². The highest BCUT2D eigenvalue weighted by molar-refractivity contribution is 7.99. The van der Waals surface area contributed by atoms with Crippen LogP contribution in [0.15, 0.2) is 21.4 Å². The number of nitrogens with two attached hydrogens (primary N) is 1. The number of rotatable bonds is 5. The molecule has 2 aromatic rings. The molecular weight excluding hydrogens is 322 g/mol. The van der Waals surface area contributed by atoms with E-state index in [9.17, 15) is 9.59 Å². The van der Waals surface area contributed by atoms with E-state index in [1.807, 2.05) is 18.4 Å². The van der Waals surface area contributed by atoms with Crippen LogP contribution in [0.4, 0.5) is 0 Å². The first-order valence-electron chi connectivity index (χ1n) is 6.51. The number of thioether (sulfide) groups is 1. The number of hydrogen-bond acceptors (Lipinski definition) is 7. The molecule has 0 bridgehead atoms. The molecule has 0 aliphatic rings. The summed E-state index contributed by atoms with van der Waals surface area (Å²) in [7, 11) is 1.75. The average molecular weight is 339 g/mol. The molecule has 0 atom stereocenters. The first kappa shape index (κ1) is 16.5. The average Bonchev–Trinajstić information content (AvgIpc) is 2.89. The summed E-state index contributed by atoms with van der Waals surface area (Å²) in [5.74, 6) is 5.72. The van der Waals surface area contributed by atoms with Crippen LogP contribution >= 0.6 is 23.1 Å². The molecule has 22 heavy (non-hydrogen) atoms. The van der Waals surface area contributed by atoms with Crippen molar-refractivity contribution in [2.45, 2.75) is 25.5 Å². The van der Waals surface area contributed by atoms with Crippen LogP contribution in [-0.2, 0) is 11.3 Å². The van der Waals surface area contributed by atoms with Gasteiger partial charge in [-0.2, -0.15) is 4.68 Å². The van der Waals surface area contributed by atoms with Crippen molar-refractivity contribution in [3.05, 3.63) is 37.9 Å². The highest BCUT2D eigenvalue weighted by atomic mass is 32.2. The van der Waals surface area contributed by atoms with Crippen molar-refractivity contribution < 1.29 is 4.79 Å². The molecule has 1 amide bonds. The van der Waals surface area contributed by atoms with Crippen molar-refractivity contribution in [3.63, 3.8) is 0 Å². The number of aryl methyl sites for hydroxylation is 2. The van der Waals surface area contributed by atoms with E-state index >= 15 is 0 Å². The minimum Gasteiger partial charge on any atom is -0.340 e. The summed E-state index contributed by atoms with van der Waals surface area (Å²) in [6, 6.07) is 2.03. The molecule has 0 fully saturated rings. The van der Waals surface area contributed by atoms with Gasteiger partial charge in [-0.1, -0.05) is 11.8 Å². The van der Waals surface area contributed by atoms with E-state index < -0.39 is 5.56 Å². The molecule has 0 spiro atoms. The zero-order valence-corrected chi connectivity index (χ0v) is 14.2. The minimum atomic E-state index is -0.410. The fourth-order valence-corrected chi connectivity index (χ4v) is 3.43. The van der Waals surface area contributed by atoms with Gasteiger partial charge in [0.2, 0.25) is 11.1 Å². The SMILES string of the molecule is Cc1ccsc1CN(C)C(=O)CSc1nnc(C)c(=O)n1N. The van der Waals surface area contributed by atoms with Crippen molar-refractivity contribution >= 4 is 29.0 Å². The lowest BCUT2D eigenvalue weighted by Crippen LogP contribution is -2.33. The molecule has 2 N–H and O–H groups in total. The van der Waals surface area contributed by atoms with Crippen LogP contribution in [0.5, 0.6) is 0 Å². The highest BCUT2D eigenvalue weighted by Crippen LogP contribution is 2.18. The summed E-state index contributed by atoms with van der Waals surface area (Å²) in [4.78, 5) is 26.6. The van der Waals surface area contributed by atoms with Gasteiger partial charge in [-0.15, -0.1) is 21.5 Å². The predicted molar refractivity (Wildman–Crippen MR) is 87.4 cm³/mol. The fraction of sp³-hybridized carbons (Fsp3) is 0.385. The number of carbonyl (C=O) groups is 1. The Kier molecular flexibility index (Phi) is 5.19. The van der Waals surface area contributed by atoms with Crippen molar-refractivity contribution in [2.24, 2.45) is 0 Å². The highest BCUT2D eigenvalue weighted by Gasteiger charge is 2.14. The Hall–Kier alpha value is -1.87. The largest absolute Gasteiger partial charge is 0.340 e. The van der Waals surface area contributed by atoms with Crippen LogP contribution in [-0.4, -0.2) is 38.5 Å². The van der Waals surface area contributed by atoms with Gasteiger partial charge in [-0.3, -0.25) is 9.59 Å². The van der Waals surface area contributed by atoms with Gasteiger partial charge < -0.3 is 10.7 Å². The van der Waals surface area contributed by atoms with Crippen LogP contribution in [0.3, 0.4) is 0 Å². The standard InChI is InChI=1S/C13H17N5O2S2/c1-8-4-5-21-10(8)6-17(3)11(19)7-22-13-16-15-9(2)12(20)18(13)14/h4-5H,6-7,14H2,1-3H3. The van der Waals surface area contributed by atoms with E-state index in [1.54, 1.807) is 23.3 Å². The second kappa shape index (κ2) is 6.93. The zero-order valence-electron chi connectivity index (χ0n) is 12.6. The maximum absolute atomic E-state index is 12.2. The molecule has 0 aromatic carbocycles. The number of amides is 1. The molecule has 7 nitrogen and oxygen atoms in total. The quantitative estimate of drug-likeness (QED) is 0.639. The number of aromatic nitrogens is 3. The molecule has 118 valence electrons. The van der Waals surface area contributed by atoms with Gasteiger partial charge in [0.25, 0.3) is 5.56 Å². The van der Waals surface area contributed by atoms with Gasteiger partial charge in [0.15, 0.2) is 0 Å². The molecule has 2 rings (SSSR count). The van der Waals surface area contributed by atoms with Crippen LogP contribution in [0.1, 0.15) is 16.1 Å². The summed E-state index contributed by atoms with van der Waals surface area (Å²) in [6.07, 6.45) is 0. The Bertz CT molecular complexity index is 740. The van der Waals surface area contributed by atoms with Crippen molar-refractivity contribution in [2.75, 3.05) is 18.6 Å². The number of nitrogen functional groups attached to an aromatic ring is 1. The summed E-state index contributed by atoms with van der Waals surface area (Å²) < 4.78 is 0.920. The van der Waals surface area contributed by atoms with E-state index in [4.69, 9.17) is 5.84 Å². The van der Waals surface area contributed by atoms with Gasteiger partial charge in [0.1, 0.15) is 5.69 Å². The van der Waals surface area contributed by atoms with Crippen molar-refractivity contribution in [1.29, 1.82) is 0 Å². The van der Waals surface area contributed by atoms with Crippen molar-refractivity contribution in [3.8, 4) is 0 Å². The second-order valence-electron chi connectivity index (χ2n) is 4.81. The van der Waals surface area contributed by atoms with E-state index in [2.05, 4.69) is 10.2 Å². The lowest BCUT2D eigenvalue weighted by atomic mass is 10.3. The molecule has 2 aromatic heterocycles. The fourth-order valence-electron chi connectivity index (χ4n) is 1.67. The molecule has 0 radical (unpaired) electrons. The summed E-state index contributed by atoms with van der Waals surface area (Å²) in [6.45, 7) is 4.13. The van der Waals surface area contributed by atoms with Crippen LogP contribution in [0.25, 0.3) is 0 Å². The summed E-state index contributed by atoms with van der Waals surface area (Å²) in [5, 5.41) is 9.80. The number of carbonyl (C=O) groups excluding carboxylic acids is 1. The lowest BCUT2D eigenvalue weighted by Gasteiger charge is -2.16. The third kappa shape index (κ3) is 3.66. The van der Waals surface area contributed by atoms with Gasteiger partial charge >= 0.3 is 0 Å². The van der Waals surface area contributed by atoms with E-state index in [0.29, 0.717) is 6.54 Å². The zero-order chi connectivity index (χ0) is 16.3. The Morgan fingerprint density at radius 1 is 1.45 bits per heavy atom. The Morgan fingerprint density at radius 2 is 2.18 bits per heavy atom. The first-order chi connectivity index (χ1) is 10.4.